The van der Waals surface area contributed by atoms with Crippen molar-refractivity contribution < 1.29 is 29.4 Å². The van der Waals surface area contributed by atoms with Gasteiger partial charge in [-0.15, -0.1) is 0 Å². The highest BCUT2D eigenvalue weighted by Crippen LogP contribution is 2.40. The molecule has 0 radical (unpaired) electrons. The number of anilines is 2. The van der Waals surface area contributed by atoms with Crippen LogP contribution in [0.5, 0.6) is 0 Å². The van der Waals surface area contributed by atoms with Gasteiger partial charge in [-0.2, -0.15) is 9.97 Å². The van der Waals surface area contributed by atoms with Crippen LogP contribution in [0.1, 0.15) is 83.1 Å². The Morgan fingerprint density at radius 1 is 1.16 bits per heavy atom. The van der Waals surface area contributed by atoms with Gasteiger partial charge in [0.25, 0.3) is 6.47 Å². The van der Waals surface area contributed by atoms with E-state index in [4.69, 9.17) is 29.1 Å². The molecule has 38 heavy (non-hydrogen) atoms. The number of ether oxygens (including phenoxy) is 1. The summed E-state index contributed by atoms with van der Waals surface area (Å²) in [6, 6.07) is 2.33. The lowest BCUT2D eigenvalue weighted by atomic mass is 10.1. The first kappa shape index (κ1) is 27.7. The van der Waals surface area contributed by atoms with E-state index in [2.05, 4.69) is 34.6 Å². The molecule has 4 heterocycles. The Morgan fingerprint density at radius 3 is 2.50 bits per heavy atom. The molecule has 5 rings (SSSR count). The van der Waals surface area contributed by atoms with E-state index in [1.165, 1.54) is 12.8 Å². The molecule has 0 spiro atoms. The Morgan fingerprint density at radius 2 is 1.87 bits per heavy atom. The summed E-state index contributed by atoms with van der Waals surface area (Å²) in [7, 11) is 0. The SMILES string of the molecule is CCc1cc([C@H]2O[C@@H](n3cnc4c(NC(CC)CC)nc(NC5CCCC5)nc43)[C@H](O)[C@@H]2O)on1.O=CO. The van der Waals surface area contributed by atoms with Crippen molar-refractivity contribution in [2.45, 2.75) is 102 Å². The van der Waals surface area contributed by atoms with Gasteiger partial charge in [0.2, 0.25) is 5.95 Å². The Labute approximate surface area is 220 Å². The van der Waals surface area contributed by atoms with Crippen molar-refractivity contribution >= 4 is 29.4 Å². The van der Waals surface area contributed by atoms with Gasteiger partial charge in [-0.3, -0.25) is 9.36 Å². The molecule has 3 aromatic rings. The molecular formula is C25H37N7O6. The molecule has 1 saturated carbocycles. The lowest BCUT2D eigenvalue weighted by molar-refractivity contribution is -0.122. The second-order valence-corrected chi connectivity index (χ2v) is 9.61. The summed E-state index contributed by atoms with van der Waals surface area (Å²) >= 11 is 0. The van der Waals surface area contributed by atoms with E-state index < -0.39 is 24.5 Å². The number of fused-ring (bicyclic) bond motifs is 1. The second-order valence-electron chi connectivity index (χ2n) is 9.61. The number of nitrogens with zero attached hydrogens (tertiary/aromatic N) is 5. The highest BCUT2D eigenvalue weighted by atomic mass is 16.6. The smallest absolute Gasteiger partial charge is 0.290 e. The molecule has 3 aromatic heterocycles. The molecule has 1 aliphatic carbocycles. The van der Waals surface area contributed by atoms with Crippen LogP contribution in [0.25, 0.3) is 11.2 Å². The average Bonchev–Trinajstić information content (AvgIpc) is 3.72. The zero-order valence-electron chi connectivity index (χ0n) is 21.9. The minimum Gasteiger partial charge on any atom is -0.483 e. The van der Waals surface area contributed by atoms with Crippen molar-refractivity contribution in [1.82, 2.24) is 24.7 Å². The Hall–Kier alpha value is -3.29. The summed E-state index contributed by atoms with van der Waals surface area (Å²) < 4.78 is 13.1. The number of hydrogen-bond donors (Lipinski definition) is 5. The zero-order chi connectivity index (χ0) is 27.2. The fourth-order valence-electron chi connectivity index (χ4n) is 4.96. The number of nitrogens with one attached hydrogen (secondary N) is 2. The molecule has 1 aliphatic heterocycles. The summed E-state index contributed by atoms with van der Waals surface area (Å²) in [5.74, 6) is 1.55. The number of imidazole rings is 1. The van der Waals surface area contributed by atoms with Crippen LogP contribution in [0.3, 0.4) is 0 Å². The maximum atomic E-state index is 10.9. The lowest BCUT2D eigenvalue weighted by Gasteiger charge is -2.19. The number of aliphatic hydroxyl groups excluding tert-OH is 2. The van der Waals surface area contributed by atoms with Gasteiger partial charge in [-0.05, 0) is 32.1 Å². The van der Waals surface area contributed by atoms with Gasteiger partial charge in [0.15, 0.2) is 29.0 Å². The molecule has 4 atom stereocenters. The van der Waals surface area contributed by atoms with Crippen LogP contribution in [0.4, 0.5) is 11.8 Å². The average molecular weight is 532 g/mol. The van der Waals surface area contributed by atoms with E-state index in [1.807, 2.05) is 6.92 Å². The number of aryl methyl sites for hydroxylation is 1. The first-order valence-corrected chi connectivity index (χ1v) is 13.3. The molecule has 13 nitrogen and oxygen atoms in total. The van der Waals surface area contributed by atoms with Crippen molar-refractivity contribution in [1.29, 1.82) is 0 Å². The number of hydrogen-bond acceptors (Lipinski definition) is 11. The van der Waals surface area contributed by atoms with E-state index in [0.717, 1.165) is 31.4 Å². The van der Waals surface area contributed by atoms with Crippen molar-refractivity contribution in [3.8, 4) is 0 Å². The Bertz CT molecular complexity index is 1190. The quantitative estimate of drug-likeness (QED) is 0.255. The van der Waals surface area contributed by atoms with Crippen molar-refractivity contribution in [2.24, 2.45) is 0 Å². The van der Waals surface area contributed by atoms with Gasteiger partial charge in [-0.25, -0.2) is 4.98 Å². The van der Waals surface area contributed by atoms with Gasteiger partial charge in [-0.1, -0.05) is 38.8 Å². The fraction of sp³-hybridized carbons (Fsp3) is 0.640. The molecule has 2 fully saturated rings. The van der Waals surface area contributed by atoms with Crippen molar-refractivity contribution in [2.75, 3.05) is 10.6 Å². The van der Waals surface area contributed by atoms with Crippen LogP contribution in [0.15, 0.2) is 16.9 Å². The highest BCUT2D eigenvalue weighted by Gasteiger charge is 2.47. The van der Waals surface area contributed by atoms with Gasteiger partial charge in [0, 0.05) is 18.2 Å². The predicted octanol–water partition coefficient (Wildman–Crippen LogP) is 3.02. The minimum atomic E-state index is -1.20. The summed E-state index contributed by atoms with van der Waals surface area (Å²) in [6.07, 6.45) is 4.61. The van der Waals surface area contributed by atoms with Crippen LogP contribution >= 0.6 is 0 Å². The molecule has 208 valence electrons. The number of rotatable bonds is 9. The van der Waals surface area contributed by atoms with E-state index in [-0.39, 0.29) is 12.5 Å². The molecule has 0 unspecified atom stereocenters. The highest BCUT2D eigenvalue weighted by molar-refractivity contribution is 5.84. The first-order chi connectivity index (χ1) is 18.4. The third-order valence-electron chi connectivity index (χ3n) is 7.17. The first-order valence-electron chi connectivity index (χ1n) is 13.3. The van der Waals surface area contributed by atoms with Gasteiger partial charge in [0.05, 0.1) is 12.0 Å². The van der Waals surface area contributed by atoms with Crippen molar-refractivity contribution in [3.63, 3.8) is 0 Å². The second kappa shape index (κ2) is 12.5. The largest absolute Gasteiger partial charge is 0.483 e. The van der Waals surface area contributed by atoms with E-state index >= 15 is 0 Å². The predicted molar refractivity (Wildman–Crippen MR) is 139 cm³/mol. The van der Waals surface area contributed by atoms with Crippen LogP contribution in [0.2, 0.25) is 0 Å². The van der Waals surface area contributed by atoms with Crippen LogP contribution < -0.4 is 10.6 Å². The van der Waals surface area contributed by atoms with E-state index in [1.54, 1.807) is 17.0 Å². The van der Waals surface area contributed by atoms with E-state index in [0.29, 0.717) is 41.2 Å². The number of carbonyl (C=O) groups is 1. The number of carboxylic acid groups (broad SMARTS) is 1. The summed E-state index contributed by atoms with van der Waals surface area (Å²) in [6.45, 7) is 5.98. The standard InChI is InChI=1S/C24H35N7O4.CH2O2/c1-4-13(5-2)26-21-17-22(29-24(28-21)27-15-9-7-8-10-15)31(12-25-17)23-19(33)18(32)20(34-23)16-11-14(6-3)30-35-16;2-1-3/h11-13,15,18-20,23,32-33H,4-10H2,1-3H3,(H2,26,27,28,29);1H,(H,2,3)/t18-,19+,20+,23+;/m0./s1. The number of aromatic nitrogens is 5. The molecular weight excluding hydrogens is 494 g/mol. The van der Waals surface area contributed by atoms with Crippen LogP contribution in [-0.2, 0) is 16.0 Å². The third kappa shape index (κ3) is 5.74. The molecule has 5 N–H and O–H groups in total. The van der Waals surface area contributed by atoms with E-state index in [9.17, 15) is 10.2 Å². The van der Waals surface area contributed by atoms with Gasteiger partial charge in [0.1, 0.15) is 18.3 Å². The fourth-order valence-corrected chi connectivity index (χ4v) is 4.96. The molecule has 0 amide bonds. The summed E-state index contributed by atoms with van der Waals surface area (Å²) in [5, 5.41) is 39.5. The number of aliphatic hydroxyl groups is 2. The van der Waals surface area contributed by atoms with Crippen LogP contribution in [0, 0.1) is 0 Å². The van der Waals surface area contributed by atoms with Crippen LogP contribution in [-0.4, -0.2) is 70.8 Å². The minimum absolute atomic E-state index is 0.247. The zero-order valence-corrected chi connectivity index (χ0v) is 21.9. The van der Waals surface area contributed by atoms with Gasteiger partial charge >= 0.3 is 0 Å². The summed E-state index contributed by atoms with van der Waals surface area (Å²) in [4.78, 5) is 22.5. The van der Waals surface area contributed by atoms with Crippen molar-refractivity contribution in [3.05, 3.63) is 23.8 Å². The normalized spacial score (nSPS) is 23.5. The van der Waals surface area contributed by atoms with Gasteiger partial charge < -0.3 is 35.2 Å². The molecule has 0 aromatic carbocycles. The molecule has 1 saturated heterocycles. The maximum absolute atomic E-state index is 10.9. The third-order valence-corrected chi connectivity index (χ3v) is 7.17. The monoisotopic (exact) mass is 531 g/mol. The maximum Gasteiger partial charge on any atom is 0.290 e. The Kier molecular flexibility index (Phi) is 9.13. The topological polar surface area (TPSA) is 181 Å². The summed E-state index contributed by atoms with van der Waals surface area (Å²) in [5.41, 5.74) is 1.88. The molecule has 13 heteroatoms. The Balaban J connectivity index is 0.00000107. The molecule has 2 aliphatic rings. The lowest BCUT2D eigenvalue weighted by Crippen LogP contribution is -2.29. The molecule has 0 bridgehead atoms.